The molecule has 0 fully saturated rings. The Morgan fingerprint density at radius 3 is 2.71 bits per heavy atom. The molecule has 0 aromatic heterocycles. The summed E-state index contributed by atoms with van der Waals surface area (Å²) in [5.41, 5.74) is 0.782. The minimum Gasteiger partial charge on any atom is -0.454 e. The Morgan fingerprint density at radius 1 is 1.17 bits per heavy atom. The van der Waals surface area contributed by atoms with Gasteiger partial charge in [-0.05, 0) is 30.7 Å². The first-order valence-electron chi connectivity index (χ1n) is 7.11. The molecule has 24 heavy (non-hydrogen) atoms. The van der Waals surface area contributed by atoms with Crippen molar-refractivity contribution >= 4 is 16.0 Å². The average molecular weight is 349 g/mol. The van der Waals surface area contributed by atoms with Gasteiger partial charge in [-0.2, -0.15) is 4.72 Å². The Hall–Kier alpha value is -2.58. The molecule has 1 aliphatic heterocycles. The van der Waals surface area contributed by atoms with E-state index in [9.17, 15) is 13.2 Å². The zero-order valence-corrected chi connectivity index (χ0v) is 13.6. The van der Waals surface area contributed by atoms with Gasteiger partial charge in [-0.25, -0.2) is 8.42 Å². The molecule has 2 aromatic carbocycles. The maximum atomic E-state index is 12.2. The number of hydrogen-bond donors (Lipinski definition) is 1. The topological polar surface area (TPSA) is 90.9 Å². The van der Waals surface area contributed by atoms with Crippen molar-refractivity contribution in [3.63, 3.8) is 0 Å². The lowest BCUT2D eigenvalue weighted by Gasteiger charge is -2.09. The predicted octanol–water partition coefficient (Wildman–Crippen LogP) is 1.61. The van der Waals surface area contributed by atoms with Crippen molar-refractivity contribution in [1.29, 1.82) is 0 Å². The lowest BCUT2D eigenvalue weighted by atomic mass is 10.2. The van der Waals surface area contributed by atoms with Crippen LogP contribution in [-0.4, -0.2) is 27.7 Å². The maximum absolute atomic E-state index is 12.2. The quantitative estimate of drug-likeness (QED) is 0.651. The molecule has 0 radical (unpaired) electrons. The number of ether oxygens (including phenoxy) is 3. The Bertz CT molecular complexity index is 878. The molecule has 0 spiro atoms. The van der Waals surface area contributed by atoms with E-state index in [0.717, 1.165) is 5.56 Å². The number of nitrogens with one attached hydrogen (secondary N) is 1. The van der Waals surface area contributed by atoms with Crippen molar-refractivity contribution in [2.45, 2.75) is 11.8 Å². The van der Waals surface area contributed by atoms with Gasteiger partial charge >= 0.3 is 5.97 Å². The number of fused-ring (bicyclic) bond motifs is 1. The molecule has 0 saturated carbocycles. The fourth-order valence-corrected chi connectivity index (χ4v) is 3.09. The van der Waals surface area contributed by atoms with Crippen LogP contribution in [0.4, 0.5) is 0 Å². The van der Waals surface area contributed by atoms with Gasteiger partial charge in [0.1, 0.15) is 12.3 Å². The van der Waals surface area contributed by atoms with E-state index >= 15 is 0 Å². The van der Waals surface area contributed by atoms with Crippen molar-refractivity contribution in [3.05, 3.63) is 48.0 Å². The van der Waals surface area contributed by atoms with Crippen LogP contribution in [0.1, 0.15) is 5.56 Å². The van der Waals surface area contributed by atoms with E-state index in [1.165, 1.54) is 18.2 Å². The number of carbonyl (C=O) groups is 1. The number of para-hydroxylation sites is 1. The molecule has 0 aliphatic carbocycles. The van der Waals surface area contributed by atoms with Crippen LogP contribution in [0.3, 0.4) is 0 Å². The first kappa shape index (κ1) is 16.3. The summed E-state index contributed by atoms with van der Waals surface area (Å²) in [4.78, 5) is 11.8. The Balaban J connectivity index is 1.65. The third-order valence-corrected chi connectivity index (χ3v) is 4.78. The van der Waals surface area contributed by atoms with Gasteiger partial charge in [0.2, 0.25) is 16.8 Å². The minimum atomic E-state index is -3.87. The van der Waals surface area contributed by atoms with E-state index in [-0.39, 0.29) is 11.7 Å². The zero-order chi connectivity index (χ0) is 17.2. The molecule has 1 N–H and O–H groups in total. The Labute approximate surface area is 139 Å². The summed E-state index contributed by atoms with van der Waals surface area (Å²) in [6.45, 7) is 1.36. The summed E-state index contributed by atoms with van der Waals surface area (Å²) >= 11 is 0. The standard InChI is InChI=1S/C16H15NO6S/c1-11-4-2-3-5-13(11)23-16(18)9-17-24(19,20)12-6-7-14-15(8-12)22-10-21-14/h2-8,17H,9-10H2,1H3. The molecule has 126 valence electrons. The SMILES string of the molecule is Cc1ccccc1OC(=O)CNS(=O)(=O)c1ccc2c(c1)OCO2. The molecule has 7 nitrogen and oxygen atoms in total. The fraction of sp³-hybridized carbons (Fsp3) is 0.188. The molecule has 2 aromatic rings. The average Bonchev–Trinajstić information content (AvgIpc) is 3.03. The van der Waals surface area contributed by atoms with Gasteiger partial charge in [-0.1, -0.05) is 18.2 Å². The predicted molar refractivity (Wildman–Crippen MR) is 84.6 cm³/mol. The normalized spacial score (nSPS) is 12.9. The summed E-state index contributed by atoms with van der Waals surface area (Å²) in [6.07, 6.45) is 0. The minimum absolute atomic E-state index is 0.0181. The van der Waals surface area contributed by atoms with Crippen LogP contribution in [0.15, 0.2) is 47.4 Å². The van der Waals surface area contributed by atoms with E-state index in [1.54, 1.807) is 25.1 Å². The highest BCUT2D eigenvalue weighted by Gasteiger charge is 2.21. The highest BCUT2D eigenvalue weighted by molar-refractivity contribution is 7.89. The first-order valence-corrected chi connectivity index (χ1v) is 8.60. The van der Waals surface area contributed by atoms with Crippen molar-refractivity contribution in [1.82, 2.24) is 4.72 Å². The molecule has 0 bridgehead atoms. The van der Waals surface area contributed by atoms with E-state index in [0.29, 0.717) is 17.2 Å². The highest BCUT2D eigenvalue weighted by Crippen LogP contribution is 2.33. The molecule has 3 rings (SSSR count). The Morgan fingerprint density at radius 2 is 1.92 bits per heavy atom. The largest absolute Gasteiger partial charge is 0.454 e. The van der Waals surface area contributed by atoms with Crippen LogP contribution in [0.25, 0.3) is 0 Å². The molecule has 0 unspecified atom stereocenters. The molecule has 0 saturated heterocycles. The van der Waals surface area contributed by atoms with Gasteiger partial charge in [-0.15, -0.1) is 0 Å². The van der Waals surface area contributed by atoms with Crippen LogP contribution in [0.5, 0.6) is 17.2 Å². The molecule has 0 amide bonds. The number of aryl methyl sites for hydroxylation is 1. The number of carbonyl (C=O) groups excluding carboxylic acids is 1. The summed E-state index contributed by atoms with van der Waals surface area (Å²) in [5, 5.41) is 0. The maximum Gasteiger partial charge on any atom is 0.326 e. The smallest absolute Gasteiger partial charge is 0.326 e. The number of sulfonamides is 1. The summed E-state index contributed by atoms with van der Waals surface area (Å²) in [6, 6.07) is 11.2. The van der Waals surface area contributed by atoms with Crippen LogP contribution in [0, 0.1) is 6.92 Å². The van der Waals surface area contributed by atoms with E-state index in [2.05, 4.69) is 4.72 Å². The van der Waals surface area contributed by atoms with E-state index < -0.39 is 22.5 Å². The second-order valence-corrected chi connectivity index (χ2v) is 6.85. The number of rotatable bonds is 5. The van der Waals surface area contributed by atoms with Gasteiger partial charge in [0, 0.05) is 6.07 Å². The lowest BCUT2D eigenvalue weighted by molar-refractivity contribution is -0.133. The second kappa shape index (κ2) is 6.50. The molecular weight excluding hydrogens is 334 g/mol. The summed E-state index contributed by atoms with van der Waals surface area (Å²) < 4.78 is 42.1. The van der Waals surface area contributed by atoms with E-state index in [4.69, 9.17) is 14.2 Å². The summed E-state index contributed by atoms with van der Waals surface area (Å²) in [7, 11) is -3.87. The Kier molecular flexibility index (Phi) is 4.41. The van der Waals surface area contributed by atoms with Crippen LogP contribution in [-0.2, 0) is 14.8 Å². The van der Waals surface area contributed by atoms with Crippen molar-refractivity contribution in [3.8, 4) is 17.2 Å². The molecule has 0 atom stereocenters. The van der Waals surface area contributed by atoms with Gasteiger partial charge in [0.15, 0.2) is 11.5 Å². The van der Waals surface area contributed by atoms with Crippen molar-refractivity contribution in [2.24, 2.45) is 0 Å². The van der Waals surface area contributed by atoms with Crippen LogP contribution >= 0.6 is 0 Å². The molecular formula is C16H15NO6S. The second-order valence-electron chi connectivity index (χ2n) is 5.08. The van der Waals surface area contributed by atoms with Gasteiger partial charge in [0.05, 0.1) is 4.90 Å². The van der Waals surface area contributed by atoms with Crippen LogP contribution in [0.2, 0.25) is 0 Å². The third-order valence-electron chi connectivity index (χ3n) is 3.38. The van der Waals surface area contributed by atoms with Crippen molar-refractivity contribution in [2.75, 3.05) is 13.3 Å². The van der Waals surface area contributed by atoms with Crippen molar-refractivity contribution < 1.29 is 27.4 Å². The molecule has 1 heterocycles. The first-order chi connectivity index (χ1) is 11.5. The zero-order valence-electron chi connectivity index (χ0n) is 12.8. The lowest BCUT2D eigenvalue weighted by Crippen LogP contribution is -2.32. The van der Waals surface area contributed by atoms with Gasteiger partial charge < -0.3 is 14.2 Å². The molecule has 1 aliphatic rings. The van der Waals surface area contributed by atoms with Gasteiger partial charge in [-0.3, -0.25) is 4.79 Å². The number of hydrogen-bond acceptors (Lipinski definition) is 6. The number of benzene rings is 2. The fourth-order valence-electron chi connectivity index (χ4n) is 2.11. The summed E-state index contributed by atoms with van der Waals surface area (Å²) in [5.74, 6) is 0.520. The van der Waals surface area contributed by atoms with Crippen LogP contribution < -0.4 is 18.9 Å². The molecule has 8 heteroatoms. The highest BCUT2D eigenvalue weighted by atomic mass is 32.2. The van der Waals surface area contributed by atoms with Gasteiger partial charge in [0.25, 0.3) is 0 Å². The third kappa shape index (κ3) is 3.50. The number of esters is 1. The monoisotopic (exact) mass is 349 g/mol. The van der Waals surface area contributed by atoms with E-state index in [1.807, 2.05) is 6.07 Å².